The van der Waals surface area contributed by atoms with Gasteiger partial charge in [-0.05, 0) is 31.8 Å². The smallest absolute Gasteiger partial charge is 0.186 e. The van der Waals surface area contributed by atoms with Crippen molar-refractivity contribution in [2.24, 2.45) is 34.6 Å². The molecule has 45 heavy (non-hydrogen) atoms. The van der Waals surface area contributed by atoms with E-state index in [1.54, 1.807) is 0 Å². The van der Waals surface area contributed by atoms with Gasteiger partial charge >= 0.3 is 0 Å². The predicted octanol–water partition coefficient (Wildman–Crippen LogP) is -7.44. The van der Waals surface area contributed by atoms with E-state index in [1.165, 1.54) is 0 Å². The van der Waals surface area contributed by atoms with Crippen molar-refractivity contribution in [3.63, 3.8) is 0 Å². The third kappa shape index (κ3) is 8.89. The van der Waals surface area contributed by atoms with Crippen LogP contribution in [-0.2, 0) is 23.7 Å². The molecule has 0 radical (unpaired) electrons. The van der Waals surface area contributed by atoms with Crippen LogP contribution in [0.25, 0.3) is 0 Å². The Labute approximate surface area is 259 Å². The summed E-state index contributed by atoms with van der Waals surface area (Å²) in [6.07, 6.45) is -19.8. The third-order valence-corrected chi connectivity index (χ3v) is 8.71. The van der Waals surface area contributed by atoms with E-state index in [-0.39, 0.29) is 13.0 Å². The van der Waals surface area contributed by atoms with Gasteiger partial charge in [0.15, 0.2) is 18.4 Å². The molecule has 1 saturated carbocycles. The minimum atomic E-state index is -2.06. The summed E-state index contributed by atoms with van der Waals surface area (Å²) in [6, 6.07) is -3.37. The van der Waals surface area contributed by atoms with Crippen molar-refractivity contribution in [1.82, 2.24) is 5.32 Å². The van der Waals surface area contributed by atoms with Gasteiger partial charge in [-0.25, -0.2) is 4.39 Å². The summed E-state index contributed by atoms with van der Waals surface area (Å²) in [5, 5.41) is 76.7. The van der Waals surface area contributed by atoms with Crippen molar-refractivity contribution < 1.29 is 63.9 Å². The number of aliphatic hydroxyl groups excluding tert-OH is 7. The molecule has 3 aliphatic rings. The number of hydrogen-bond donors (Lipinski definition) is 13. The highest BCUT2D eigenvalue weighted by Crippen LogP contribution is 2.36. The fourth-order valence-electron chi connectivity index (χ4n) is 5.99. The summed E-state index contributed by atoms with van der Waals surface area (Å²) < 4.78 is 37.5. The van der Waals surface area contributed by atoms with Gasteiger partial charge in [0.25, 0.3) is 0 Å². The van der Waals surface area contributed by atoms with Crippen molar-refractivity contribution in [2.45, 2.75) is 117 Å². The normalized spacial score (nSPS) is 44.0. The van der Waals surface area contributed by atoms with E-state index in [0.29, 0.717) is 19.5 Å². The maximum atomic E-state index is 14.0. The number of ketones is 1. The molecule has 3 unspecified atom stereocenters. The molecule has 2 saturated heterocycles. The Morgan fingerprint density at radius 1 is 0.911 bits per heavy atom. The zero-order chi connectivity index (χ0) is 33.6. The highest BCUT2D eigenvalue weighted by atomic mass is 19.1. The number of carbonyl (C=O) groups is 1. The SMILES string of the molecule is NCCCN[C@H]1[C@@H](OC2[C@@H](N)C[C@@H](CC(=O)C(O)C(F)CN)[C@H](O[C@H]3O[C@H](CO)[C@@H](O)[C@H](N)[C@H]3O)[C@H]2O)O[C@H](CN)[C@@H](O)[C@@H]1O. The topological polar surface area (TPSA) is 338 Å². The van der Waals surface area contributed by atoms with E-state index in [9.17, 15) is 44.9 Å². The molecule has 0 aromatic heterocycles. The quantitative estimate of drug-likeness (QED) is 0.0726. The first-order valence-electron chi connectivity index (χ1n) is 15.1. The average Bonchev–Trinajstić information content (AvgIpc) is 3.02. The van der Waals surface area contributed by atoms with Crippen molar-refractivity contribution in [2.75, 3.05) is 32.8 Å². The fraction of sp³-hybridized carbons (Fsp3) is 0.962. The number of carbonyl (C=O) groups excluding carboxylic acids is 1. The monoisotopic (exact) mass is 658 g/mol. The molecule has 18 nitrogen and oxygen atoms in total. The first kappa shape index (κ1) is 38.4. The van der Waals surface area contributed by atoms with Crippen molar-refractivity contribution in [1.29, 1.82) is 0 Å². The van der Waals surface area contributed by atoms with Crippen LogP contribution < -0.4 is 34.0 Å². The van der Waals surface area contributed by atoms with Gasteiger partial charge in [0.1, 0.15) is 61.1 Å². The van der Waals surface area contributed by atoms with Gasteiger partial charge in [0.2, 0.25) is 0 Å². The molecule has 3 fully saturated rings. The molecule has 17 atom stereocenters. The van der Waals surface area contributed by atoms with Crippen LogP contribution >= 0.6 is 0 Å². The van der Waals surface area contributed by atoms with Crippen molar-refractivity contribution in [3.8, 4) is 0 Å². The number of hydrogen-bond acceptors (Lipinski definition) is 18. The molecule has 0 spiro atoms. The Morgan fingerprint density at radius 2 is 1.56 bits per heavy atom. The molecule has 2 aliphatic heterocycles. The Morgan fingerprint density at radius 3 is 2.16 bits per heavy atom. The second kappa shape index (κ2) is 17.4. The molecule has 18 N–H and O–H groups in total. The highest BCUT2D eigenvalue weighted by molar-refractivity contribution is 5.83. The van der Waals surface area contributed by atoms with Gasteiger partial charge in [0, 0.05) is 25.6 Å². The Balaban J connectivity index is 1.90. The number of nitrogens with one attached hydrogen (secondary N) is 1. The Kier molecular flexibility index (Phi) is 14.8. The molecule has 0 amide bonds. The number of nitrogens with two attached hydrogens (primary N) is 5. The van der Waals surface area contributed by atoms with Crippen LogP contribution in [0.3, 0.4) is 0 Å². The lowest BCUT2D eigenvalue weighted by atomic mass is 9.76. The maximum Gasteiger partial charge on any atom is 0.186 e. The van der Waals surface area contributed by atoms with Gasteiger partial charge in [-0.15, -0.1) is 0 Å². The van der Waals surface area contributed by atoms with E-state index in [4.69, 9.17) is 47.6 Å². The fourth-order valence-corrected chi connectivity index (χ4v) is 5.99. The van der Waals surface area contributed by atoms with Gasteiger partial charge in [0.05, 0.1) is 24.8 Å². The second-order valence-electron chi connectivity index (χ2n) is 11.9. The van der Waals surface area contributed by atoms with Crippen LogP contribution in [0.2, 0.25) is 0 Å². The molecular formula is C26H51FN6O12. The van der Waals surface area contributed by atoms with Crippen LogP contribution in [0.4, 0.5) is 4.39 Å². The molecule has 264 valence electrons. The van der Waals surface area contributed by atoms with Crippen molar-refractivity contribution in [3.05, 3.63) is 0 Å². The number of alkyl halides is 1. The Hall–Kier alpha value is -1.08. The number of halogens is 1. The van der Waals surface area contributed by atoms with E-state index in [2.05, 4.69) is 5.32 Å². The summed E-state index contributed by atoms with van der Waals surface area (Å²) >= 11 is 0. The lowest BCUT2D eigenvalue weighted by Crippen LogP contribution is -2.68. The summed E-state index contributed by atoms with van der Waals surface area (Å²) in [4.78, 5) is 12.8. The molecule has 0 aromatic carbocycles. The summed E-state index contributed by atoms with van der Waals surface area (Å²) in [7, 11) is 0. The molecule has 1 aliphatic carbocycles. The predicted molar refractivity (Wildman–Crippen MR) is 152 cm³/mol. The van der Waals surface area contributed by atoms with E-state index in [0.717, 1.165) is 0 Å². The first-order chi connectivity index (χ1) is 21.3. The first-order valence-corrected chi connectivity index (χ1v) is 15.1. The minimum absolute atomic E-state index is 0.102. The van der Waals surface area contributed by atoms with Crippen LogP contribution in [0, 0.1) is 5.92 Å². The standard InChI is InChI=1S/C26H51FN6O12/c27-10(6-29)17(36)12(35)5-9-4-11(31)24(22(41)23(9)44-26-20(39)15(32)18(37)14(8-34)43-26)45-25-16(33-3-1-2-28)21(40)19(38)13(7-30)42-25/h9-11,13-26,33-34,36-41H,1-8,28-32H2/t9-,10?,11-,13+,14+,15-,16+,17?,18+,19+,20+,21+,22+,23-,24?,25+,26+/m0/s1. The molecule has 0 aromatic rings. The number of ether oxygens (including phenoxy) is 4. The average molecular weight is 659 g/mol. The maximum absolute atomic E-state index is 14.0. The zero-order valence-corrected chi connectivity index (χ0v) is 24.9. The van der Waals surface area contributed by atoms with Gasteiger partial charge in [-0.1, -0.05) is 0 Å². The largest absolute Gasteiger partial charge is 0.394 e. The summed E-state index contributed by atoms with van der Waals surface area (Å²) in [5.74, 6) is -1.94. The number of rotatable bonds is 15. The van der Waals surface area contributed by atoms with Gasteiger partial charge in [-0.2, -0.15) is 0 Å². The molecule has 19 heteroatoms. The number of Topliss-reactive ketones (excluding diaryl/α,β-unsaturated/α-hetero) is 1. The highest BCUT2D eigenvalue weighted by Gasteiger charge is 2.52. The van der Waals surface area contributed by atoms with Crippen LogP contribution in [0.15, 0.2) is 0 Å². The molecule has 0 bridgehead atoms. The molecule has 2 heterocycles. The zero-order valence-electron chi connectivity index (χ0n) is 24.9. The van der Waals surface area contributed by atoms with Gasteiger partial charge < -0.3 is 88.7 Å². The van der Waals surface area contributed by atoms with E-state index in [1.807, 2.05) is 0 Å². The van der Waals surface area contributed by atoms with Crippen LogP contribution in [0.1, 0.15) is 19.3 Å². The van der Waals surface area contributed by atoms with E-state index < -0.39 is 129 Å². The number of aliphatic hydroxyl groups is 7. The second-order valence-corrected chi connectivity index (χ2v) is 11.9. The molecular weight excluding hydrogens is 607 g/mol. The Bertz CT molecular complexity index is 918. The van der Waals surface area contributed by atoms with Crippen LogP contribution in [-0.4, -0.2) is 172 Å². The third-order valence-electron chi connectivity index (χ3n) is 8.71. The van der Waals surface area contributed by atoms with Crippen molar-refractivity contribution >= 4 is 5.78 Å². The lowest BCUT2D eigenvalue weighted by Gasteiger charge is -2.49. The lowest BCUT2D eigenvalue weighted by molar-refractivity contribution is -0.324. The van der Waals surface area contributed by atoms with Gasteiger partial charge in [-0.3, -0.25) is 4.79 Å². The van der Waals surface area contributed by atoms with E-state index >= 15 is 0 Å². The minimum Gasteiger partial charge on any atom is -0.394 e. The summed E-state index contributed by atoms with van der Waals surface area (Å²) in [6.45, 7) is -0.848. The van der Waals surface area contributed by atoms with Crippen LogP contribution in [0.5, 0.6) is 0 Å². The summed E-state index contributed by atoms with van der Waals surface area (Å²) in [5.41, 5.74) is 28.9. The molecule has 3 rings (SSSR count).